The Morgan fingerprint density at radius 1 is 1.00 bits per heavy atom. The Morgan fingerprint density at radius 2 is 1.75 bits per heavy atom. The van der Waals surface area contributed by atoms with Gasteiger partial charge in [0, 0.05) is 17.3 Å². The van der Waals surface area contributed by atoms with Gasteiger partial charge in [-0.1, -0.05) is 61.8 Å². The number of nitrogens with one attached hydrogen (secondary N) is 1. The Kier molecular flexibility index (Phi) is 8.67. The van der Waals surface area contributed by atoms with E-state index in [2.05, 4.69) is 19.2 Å². The van der Waals surface area contributed by atoms with E-state index < -0.39 is 11.7 Å². The monoisotopic (exact) mass is 594 g/mol. The number of aromatic hydroxyl groups is 1. The van der Waals surface area contributed by atoms with Gasteiger partial charge >= 0.3 is 0 Å². The van der Waals surface area contributed by atoms with Crippen molar-refractivity contribution in [1.29, 1.82) is 0 Å². The van der Waals surface area contributed by atoms with Crippen LogP contribution < -0.4 is 10.2 Å². The fraction of sp³-hybridized carbons (Fsp3) is 0.351. The van der Waals surface area contributed by atoms with Gasteiger partial charge < -0.3 is 15.2 Å². The number of rotatable bonds is 10. The first-order valence-electron chi connectivity index (χ1n) is 15.7. The van der Waals surface area contributed by atoms with E-state index in [0.29, 0.717) is 24.3 Å². The van der Waals surface area contributed by atoms with Crippen molar-refractivity contribution in [3.8, 4) is 5.75 Å². The van der Waals surface area contributed by atoms with Crippen molar-refractivity contribution in [2.45, 2.75) is 58.5 Å². The standard InChI is InChI=1S/C37H39FN2O4/c1-3-8-25-21-29-35(37(43)40(36(29)42)28-15-13-27(14-16-28)39-26-9-6-5-7-10-26)30-22-44-33(34(25)30)18-12-23(4-2)19-24-11-17-32(41)31(38)20-24/h5-7,9-11,13-17,19-20,29-30,33,35,39,41H,3-4,8,12,18,21-22H2,1-2H3/b23-19+/t29-,30+,33-,35-/m1/s1. The number of amides is 2. The van der Waals surface area contributed by atoms with Crippen LogP contribution in [0.4, 0.5) is 21.5 Å². The molecule has 6 rings (SSSR count). The quantitative estimate of drug-likeness (QED) is 0.183. The number of imide groups is 1. The summed E-state index contributed by atoms with van der Waals surface area (Å²) in [5, 5.41) is 12.9. The number of phenolic OH excluding ortho intramolecular Hbond substituents is 1. The molecule has 6 nitrogen and oxygen atoms in total. The molecule has 2 N–H and O–H groups in total. The molecule has 2 heterocycles. The molecule has 0 saturated carbocycles. The second kappa shape index (κ2) is 12.8. The molecule has 0 bridgehead atoms. The lowest BCUT2D eigenvalue weighted by Crippen LogP contribution is -2.34. The highest BCUT2D eigenvalue weighted by Gasteiger charge is 2.57. The summed E-state index contributed by atoms with van der Waals surface area (Å²) in [5.74, 6) is -2.10. The van der Waals surface area contributed by atoms with Gasteiger partial charge in [0.1, 0.15) is 0 Å². The predicted octanol–water partition coefficient (Wildman–Crippen LogP) is 8.17. The molecule has 2 amide bonds. The minimum atomic E-state index is -0.632. The van der Waals surface area contributed by atoms with Gasteiger partial charge in [0.2, 0.25) is 11.8 Å². The van der Waals surface area contributed by atoms with Crippen molar-refractivity contribution < 1.29 is 23.8 Å². The molecule has 44 heavy (non-hydrogen) atoms. The van der Waals surface area contributed by atoms with Crippen molar-refractivity contribution in [3.63, 3.8) is 0 Å². The molecule has 2 fully saturated rings. The van der Waals surface area contributed by atoms with Gasteiger partial charge in [-0.15, -0.1) is 0 Å². The number of fused-ring (bicyclic) bond motifs is 3. The molecular formula is C37H39FN2O4. The summed E-state index contributed by atoms with van der Waals surface area (Å²) >= 11 is 0. The molecule has 0 unspecified atom stereocenters. The van der Waals surface area contributed by atoms with E-state index in [1.54, 1.807) is 6.07 Å². The number of benzene rings is 3. The van der Waals surface area contributed by atoms with E-state index >= 15 is 0 Å². The third-order valence-electron chi connectivity index (χ3n) is 9.27. The molecule has 4 atom stereocenters. The summed E-state index contributed by atoms with van der Waals surface area (Å²) in [4.78, 5) is 29.2. The number of hydrogen-bond donors (Lipinski definition) is 2. The maximum atomic E-state index is 14.0. The van der Waals surface area contributed by atoms with Crippen LogP contribution in [-0.2, 0) is 14.3 Å². The van der Waals surface area contributed by atoms with Crippen LogP contribution in [0.25, 0.3) is 6.08 Å². The zero-order valence-corrected chi connectivity index (χ0v) is 25.3. The Bertz CT molecular complexity index is 1600. The number of carbonyl (C=O) groups excluding carboxylic acids is 2. The normalized spacial score (nSPS) is 23.2. The van der Waals surface area contributed by atoms with Crippen molar-refractivity contribution in [3.05, 3.63) is 101 Å². The van der Waals surface area contributed by atoms with E-state index in [-0.39, 0.29) is 35.5 Å². The number of allylic oxidation sites excluding steroid dienone is 2. The van der Waals surface area contributed by atoms with E-state index in [0.717, 1.165) is 49.1 Å². The molecule has 0 radical (unpaired) electrons. The van der Waals surface area contributed by atoms with Crippen LogP contribution in [0.15, 0.2) is 89.5 Å². The number of nitrogens with zero attached hydrogens (tertiary/aromatic N) is 1. The Labute approximate surface area is 258 Å². The van der Waals surface area contributed by atoms with Gasteiger partial charge in [-0.3, -0.25) is 14.5 Å². The highest BCUT2D eigenvalue weighted by molar-refractivity contribution is 6.22. The molecule has 2 aliphatic heterocycles. The number of hydrogen-bond acceptors (Lipinski definition) is 5. The maximum Gasteiger partial charge on any atom is 0.238 e. The Balaban J connectivity index is 1.19. The second-order valence-corrected chi connectivity index (χ2v) is 12.0. The van der Waals surface area contributed by atoms with Crippen LogP contribution in [0.1, 0.15) is 57.9 Å². The number of anilines is 3. The van der Waals surface area contributed by atoms with E-state index in [9.17, 15) is 19.1 Å². The summed E-state index contributed by atoms with van der Waals surface area (Å²) in [6.07, 6.45) is 6.67. The number of carbonyl (C=O) groups is 2. The third-order valence-corrected chi connectivity index (χ3v) is 9.27. The zero-order chi connectivity index (χ0) is 30.8. The van der Waals surface area contributed by atoms with Gasteiger partial charge in [-0.25, -0.2) is 4.39 Å². The van der Waals surface area contributed by atoms with Crippen molar-refractivity contribution in [1.82, 2.24) is 0 Å². The fourth-order valence-electron chi connectivity index (χ4n) is 7.16. The average Bonchev–Trinajstić information content (AvgIpc) is 3.56. The van der Waals surface area contributed by atoms with Crippen LogP contribution in [0.2, 0.25) is 0 Å². The summed E-state index contributed by atoms with van der Waals surface area (Å²) < 4.78 is 20.3. The highest BCUT2D eigenvalue weighted by Crippen LogP contribution is 2.51. The van der Waals surface area contributed by atoms with Gasteiger partial charge in [-0.05, 0) is 91.8 Å². The lowest BCUT2D eigenvalue weighted by Gasteiger charge is -2.32. The third kappa shape index (κ3) is 5.81. The molecule has 3 aromatic carbocycles. The molecule has 3 aliphatic rings. The molecule has 2 saturated heterocycles. The van der Waals surface area contributed by atoms with E-state index in [4.69, 9.17) is 4.74 Å². The van der Waals surface area contributed by atoms with Crippen LogP contribution in [0.3, 0.4) is 0 Å². The van der Waals surface area contributed by atoms with Gasteiger partial charge in [0.05, 0.1) is 30.2 Å². The van der Waals surface area contributed by atoms with Crippen LogP contribution in [0, 0.1) is 23.6 Å². The van der Waals surface area contributed by atoms with Gasteiger partial charge in [0.25, 0.3) is 0 Å². The number of phenols is 1. The first-order valence-corrected chi connectivity index (χ1v) is 15.7. The second-order valence-electron chi connectivity index (χ2n) is 12.0. The average molecular weight is 595 g/mol. The van der Waals surface area contributed by atoms with Gasteiger partial charge in [0.15, 0.2) is 11.6 Å². The Hall–Kier alpha value is -4.23. The number of halogens is 1. The summed E-state index contributed by atoms with van der Waals surface area (Å²) in [7, 11) is 0. The van der Waals surface area contributed by atoms with Crippen LogP contribution in [-0.4, -0.2) is 29.6 Å². The predicted molar refractivity (Wildman–Crippen MR) is 171 cm³/mol. The SMILES string of the molecule is CCCC1=C2[C@@H](CC/C(=C/c3ccc(O)c(F)c3)CC)OC[C@@H]2[C@@H]2C(=O)N(c3ccc(Nc4ccccc4)cc3)C(=O)[C@@H]2C1. The Morgan fingerprint density at radius 3 is 2.45 bits per heavy atom. The van der Waals surface area contributed by atoms with Crippen molar-refractivity contribution >= 4 is 35.0 Å². The zero-order valence-electron chi connectivity index (χ0n) is 25.3. The number of para-hydroxylation sites is 1. The summed E-state index contributed by atoms with van der Waals surface area (Å²) in [6.45, 7) is 4.66. The summed E-state index contributed by atoms with van der Waals surface area (Å²) in [5.41, 5.74) is 6.83. The lowest BCUT2D eigenvalue weighted by atomic mass is 9.68. The first-order chi connectivity index (χ1) is 21.4. The highest BCUT2D eigenvalue weighted by atomic mass is 19.1. The largest absolute Gasteiger partial charge is 0.505 e. The first kappa shape index (κ1) is 29.8. The molecule has 3 aromatic rings. The van der Waals surface area contributed by atoms with Crippen LogP contribution >= 0.6 is 0 Å². The van der Waals surface area contributed by atoms with Crippen LogP contribution in [0.5, 0.6) is 5.75 Å². The van der Waals surface area contributed by atoms with Crippen molar-refractivity contribution in [2.75, 3.05) is 16.8 Å². The van der Waals surface area contributed by atoms with E-state index in [1.807, 2.05) is 60.7 Å². The fourth-order valence-corrected chi connectivity index (χ4v) is 7.16. The topological polar surface area (TPSA) is 78.9 Å². The lowest BCUT2D eigenvalue weighted by molar-refractivity contribution is -0.122. The number of ether oxygens (including phenoxy) is 1. The molecule has 1 aliphatic carbocycles. The molecule has 228 valence electrons. The molecule has 7 heteroatoms. The molecule has 0 spiro atoms. The maximum absolute atomic E-state index is 14.0. The summed E-state index contributed by atoms with van der Waals surface area (Å²) in [6, 6.07) is 21.8. The van der Waals surface area contributed by atoms with Gasteiger partial charge in [-0.2, -0.15) is 0 Å². The molecule has 0 aromatic heterocycles. The van der Waals surface area contributed by atoms with E-state index in [1.165, 1.54) is 28.2 Å². The molecular weight excluding hydrogens is 555 g/mol. The smallest absolute Gasteiger partial charge is 0.238 e. The minimum Gasteiger partial charge on any atom is -0.505 e. The van der Waals surface area contributed by atoms with Crippen molar-refractivity contribution in [2.24, 2.45) is 17.8 Å². The minimum absolute atomic E-state index is 0.0963.